The number of pyridine rings is 1. The van der Waals surface area contributed by atoms with E-state index in [-0.39, 0.29) is 0 Å². The molecule has 1 aliphatic rings. The van der Waals surface area contributed by atoms with Gasteiger partial charge < -0.3 is 24.3 Å². The van der Waals surface area contributed by atoms with Gasteiger partial charge in [0.15, 0.2) is 18.1 Å². The number of aromatic nitrogens is 1. The van der Waals surface area contributed by atoms with Crippen LogP contribution >= 0.6 is 11.3 Å². The standard InChI is InChI=1S/C30H25N3O6S/c1-36-23-13-17(14-24(37-2)28(23)38-3)12-18-8-9-21-26(20-6-4-5-7-22(20)32-27(18)21)30(35)39-16-25(34)33-29-19(15-31)10-11-40-29/h4-7,10-14H,8-9,16H2,1-3H3,(H,33,34)/b18-12+. The van der Waals surface area contributed by atoms with Crippen LogP contribution < -0.4 is 19.5 Å². The van der Waals surface area contributed by atoms with Gasteiger partial charge in [-0.05, 0) is 65.3 Å². The summed E-state index contributed by atoms with van der Waals surface area (Å²) in [6, 6.07) is 14.7. The van der Waals surface area contributed by atoms with Crippen LogP contribution in [0.2, 0.25) is 0 Å². The summed E-state index contributed by atoms with van der Waals surface area (Å²) >= 11 is 1.23. The first-order valence-electron chi connectivity index (χ1n) is 12.3. The first-order valence-corrected chi connectivity index (χ1v) is 13.2. The third-order valence-electron chi connectivity index (χ3n) is 6.55. The number of hydrogen-bond donors (Lipinski definition) is 1. The van der Waals surface area contributed by atoms with Gasteiger partial charge in [-0.2, -0.15) is 5.26 Å². The number of carbonyl (C=O) groups is 2. The van der Waals surface area contributed by atoms with E-state index in [1.165, 1.54) is 11.3 Å². The fraction of sp³-hybridized carbons (Fsp3) is 0.200. The van der Waals surface area contributed by atoms with Crippen LogP contribution in [0.15, 0.2) is 47.8 Å². The first kappa shape index (κ1) is 26.7. The first-order chi connectivity index (χ1) is 19.5. The molecule has 0 spiro atoms. The number of amides is 1. The molecular weight excluding hydrogens is 530 g/mol. The number of nitrogens with zero attached hydrogens (tertiary/aromatic N) is 2. The summed E-state index contributed by atoms with van der Waals surface area (Å²) in [5.41, 5.74) is 4.66. The Morgan fingerprint density at radius 1 is 1.07 bits per heavy atom. The van der Waals surface area contributed by atoms with Gasteiger partial charge >= 0.3 is 5.97 Å². The second-order valence-corrected chi connectivity index (χ2v) is 9.77. The Bertz CT molecular complexity index is 1680. The zero-order chi connectivity index (χ0) is 28.2. The molecule has 202 valence electrons. The van der Waals surface area contributed by atoms with E-state index < -0.39 is 18.5 Å². The van der Waals surface area contributed by atoms with Gasteiger partial charge in [-0.3, -0.25) is 4.79 Å². The molecule has 2 aromatic carbocycles. The minimum atomic E-state index is -0.606. The molecule has 5 rings (SSSR count). The van der Waals surface area contributed by atoms with E-state index in [1.54, 1.807) is 32.8 Å². The molecule has 10 heteroatoms. The smallest absolute Gasteiger partial charge is 0.339 e. The Kier molecular flexibility index (Phi) is 7.66. The minimum Gasteiger partial charge on any atom is -0.493 e. The fourth-order valence-corrected chi connectivity index (χ4v) is 5.51. The molecule has 1 N–H and O–H groups in total. The maximum atomic E-state index is 13.4. The number of methoxy groups -OCH3 is 3. The summed E-state index contributed by atoms with van der Waals surface area (Å²) in [5, 5.41) is 14.6. The van der Waals surface area contributed by atoms with Crippen LogP contribution in [-0.4, -0.2) is 44.8 Å². The van der Waals surface area contributed by atoms with Crippen molar-refractivity contribution in [3.63, 3.8) is 0 Å². The highest BCUT2D eigenvalue weighted by Crippen LogP contribution is 2.41. The number of benzene rings is 2. The highest BCUT2D eigenvalue weighted by atomic mass is 32.1. The quantitative estimate of drug-likeness (QED) is 0.284. The molecule has 0 fully saturated rings. The number of ether oxygens (including phenoxy) is 4. The van der Waals surface area contributed by atoms with Crippen LogP contribution in [0.5, 0.6) is 17.2 Å². The zero-order valence-electron chi connectivity index (χ0n) is 22.1. The van der Waals surface area contributed by atoms with E-state index >= 15 is 0 Å². The number of para-hydroxylation sites is 1. The molecule has 0 saturated heterocycles. The van der Waals surface area contributed by atoms with Crippen LogP contribution in [0, 0.1) is 11.3 Å². The summed E-state index contributed by atoms with van der Waals surface area (Å²) in [6.07, 6.45) is 3.24. The summed E-state index contributed by atoms with van der Waals surface area (Å²) in [7, 11) is 4.68. The summed E-state index contributed by atoms with van der Waals surface area (Å²) in [6.45, 7) is -0.485. The number of rotatable bonds is 8. The van der Waals surface area contributed by atoms with E-state index in [0.29, 0.717) is 62.8 Å². The lowest BCUT2D eigenvalue weighted by Crippen LogP contribution is -2.21. The van der Waals surface area contributed by atoms with Crippen LogP contribution in [-0.2, 0) is 16.0 Å². The minimum absolute atomic E-state index is 0.356. The number of allylic oxidation sites excluding steroid dienone is 1. The van der Waals surface area contributed by atoms with Crippen molar-refractivity contribution in [3.05, 3.63) is 75.8 Å². The van der Waals surface area contributed by atoms with Gasteiger partial charge in [0.25, 0.3) is 5.91 Å². The van der Waals surface area contributed by atoms with Crippen molar-refractivity contribution in [2.24, 2.45) is 0 Å². The Hall–Kier alpha value is -4.88. The number of fused-ring (bicyclic) bond motifs is 2. The maximum Gasteiger partial charge on any atom is 0.339 e. The number of esters is 1. The Morgan fingerprint density at radius 2 is 1.82 bits per heavy atom. The van der Waals surface area contributed by atoms with E-state index in [2.05, 4.69) is 5.32 Å². The number of carbonyl (C=O) groups excluding carboxylic acids is 2. The van der Waals surface area contributed by atoms with E-state index in [0.717, 1.165) is 16.7 Å². The predicted octanol–water partition coefficient (Wildman–Crippen LogP) is 5.48. The zero-order valence-corrected chi connectivity index (χ0v) is 22.9. The highest BCUT2D eigenvalue weighted by Gasteiger charge is 2.28. The maximum absolute atomic E-state index is 13.4. The summed E-state index contributed by atoms with van der Waals surface area (Å²) in [4.78, 5) is 30.8. The lowest BCUT2D eigenvalue weighted by molar-refractivity contribution is -0.119. The summed E-state index contributed by atoms with van der Waals surface area (Å²) < 4.78 is 21.9. The molecule has 1 aliphatic carbocycles. The van der Waals surface area contributed by atoms with Gasteiger partial charge in [-0.25, -0.2) is 9.78 Å². The molecule has 40 heavy (non-hydrogen) atoms. The van der Waals surface area contributed by atoms with Crippen molar-refractivity contribution in [2.45, 2.75) is 12.8 Å². The van der Waals surface area contributed by atoms with Gasteiger partial charge in [-0.1, -0.05) is 18.2 Å². The Morgan fingerprint density at radius 3 is 2.52 bits per heavy atom. The normalized spacial score (nSPS) is 13.0. The highest BCUT2D eigenvalue weighted by molar-refractivity contribution is 7.14. The third-order valence-corrected chi connectivity index (χ3v) is 7.38. The van der Waals surface area contributed by atoms with Gasteiger partial charge in [0.1, 0.15) is 11.1 Å². The van der Waals surface area contributed by atoms with Gasteiger partial charge in [0.2, 0.25) is 5.75 Å². The Labute approximate surface area is 234 Å². The molecular formula is C30H25N3O6S. The average Bonchev–Trinajstić information content (AvgIpc) is 3.60. The number of nitrogens with one attached hydrogen (secondary N) is 1. The number of nitriles is 1. The molecule has 1 amide bonds. The Balaban J connectivity index is 1.47. The van der Waals surface area contributed by atoms with Gasteiger partial charge in [0.05, 0.1) is 43.7 Å². The van der Waals surface area contributed by atoms with Crippen molar-refractivity contribution in [1.82, 2.24) is 4.98 Å². The predicted molar refractivity (Wildman–Crippen MR) is 152 cm³/mol. The largest absolute Gasteiger partial charge is 0.493 e. The fourth-order valence-electron chi connectivity index (χ4n) is 4.76. The second-order valence-electron chi connectivity index (χ2n) is 8.86. The van der Waals surface area contributed by atoms with Crippen molar-refractivity contribution in [2.75, 3.05) is 33.3 Å². The average molecular weight is 556 g/mol. The lowest BCUT2D eigenvalue weighted by atomic mass is 10.0. The number of hydrogen-bond acceptors (Lipinski definition) is 9. The second kappa shape index (κ2) is 11.5. The van der Waals surface area contributed by atoms with Crippen molar-refractivity contribution in [1.29, 1.82) is 5.26 Å². The van der Waals surface area contributed by atoms with E-state index in [1.807, 2.05) is 48.5 Å². The molecule has 0 bridgehead atoms. The lowest BCUT2D eigenvalue weighted by Gasteiger charge is -2.14. The molecule has 0 atom stereocenters. The molecule has 0 radical (unpaired) electrons. The SMILES string of the molecule is COc1cc(/C=C2\CCc3c2nc2ccccc2c3C(=O)OCC(=O)Nc2sccc2C#N)cc(OC)c1OC. The topological polar surface area (TPSA) is 120 Å². The summed E-state index contributed by atoms with van der Waals surface area (Å²) in [5.74, 6) is 0.437. The van der Waals surface area contributed by atoms with E-state index in [9.17, 15) is 9.59 Å². The number of anilines is 1. The molecule has 0 saturated carbocycles. The molecule has 2 heterocycles. The molecule has 9 nitrogen and oxygen atoms in total. The molecule has 0 aliphatic heterocycles. The van der Waals surface area contributed by atoms with Crippen LogP contribution in [0.3, 0.4) is 0 Å². The number of thiophene rings is 1. The van der Waals surface area contributed by atoms with Crippen molar-refractivity contribution >= 4 is 50.8 Å². The van der Waals surface area contributed by atoms with Crippen molar-refractivity contribution in [3.8, 4) is 23.3 Å². The van der Waals surface area contributed by atoms with Gasteiger partial charge in [0, 0.05) is 5.39 Å². The monoisotopic (exact) mass is 555 g/mol. The molecule has 2 aromatic heterocycles. The van der Waals surface area contributed by atoms with Crippen LogP contribution in [0.25, 0.3) is 22.6 Å². The van der Waals surface area contributed by atoms with Crippen molar-refractivity contribution < 1.29 is 28.5 Å². The van der Waals surface area contributed by atoms with Crippen LogP contribution in [0.1, 0.15) is 39.2 Å². The van der Waals surface area contributed by atoms with E-state index in [4.69, 9.17) is 29.2 Å². The third kappa shape index (κ3) is 5.07. The van der Waals surface area contributed by atoms with Crippen LogP contribution in [0.4, 0.5) is 5.00 Å². The molecule has 4 aromatic rings. The molecule has 0 unspecified atom stereocenters. The van der Waals surface area contributed by atoms with Gasteiger partial charge in [-0.15, -0.1) is 11.3 Å².